The van der Waals surface area contributed by atoms with Gasteiger partial charge in [-0.05, 0) is 0 Å². The molecule has 3 aliphatic carbocycles. The van der Waals surface area contributed by atoms with E-state index in [0.29, 0.717) is 5.92 Å². The molecule has 3 saturated carbocycles. The summed E-state index contributed by atoms with van der Waals surface area (Å²) in [4.78, 5) is 0. The molecule has 1 unspecified atom stereocenters. The van der Waals surface area contributed by atoms with Gasteiger partial charge >= 0.3 is 181 Å². The molecule has 6 heteroatoms. The second-order valence-corrected chi connectivity index (χ2v) is 17.3. The number of hydrogen-bond donors (Lipinski definition) is 0. The third-order valence-corrected chi connectivity index (χ3v) is 14.1. The van der Waals surface area contributed by atoms with Crippen molar-refractivity contribution >= 4 is 28.9 Å². The zero-order chi connectivity index (χ0) is 21.2. The Kier molecular flexibility index (Phi) is 5.17. The molecule has 29 heavy (non-hydrogen) atoms. The van der Waals surface area contributed by atoms with Gasteiger partial charge < -0.3 is 0 Å². The van der Waals surface area contributed by atoms with Gasteiger partial charge in [-0.2, -0.15) is 0 Å². The first kappa shape index (κ1) is 21.6. The fraction of sp³-hybridized carbons (Fsp3) is 0.652. The van der Waals surface area contributed by atoms with E-state index in [9.17, 15) is 3.83 Å². The van der Waals surface area contributed by atoms with Crippen LogP contribution in [0.4, 0.5) is 0 Å². The predicted octanol–water partition coefficient (Wildman–Crippen LogP) is 5.34. The Bertz CT molecular complexity index is 829. The van der Waals surface area contributed by atoms with Crippen LogP contribution in [0.3, 0.4) is 0 Å². The molecule has 1 saturated heterocycles. The van der Waals surface area contributed by atoms with Crippen LogP contribution in [0.2, 0.25) is 18.1 Å². The van der Waals surface area contributed by atoms with E-state index in [0.717, 1.165) is 12.0 Å². The SMILES string of the molecule is CC1(C)[C@@H]2C[C@H]1[C@@]1(/C=C\c3ccccc3)O[Se](=O)O[C@H]1[C@@H]2O[Si](C)(C)C(C)(C)C. The van der Waals surface area contributed by atoms with Crippen molar-refractivity contribution in [1.29, 1.82) is 0 Å². The van der Waals surface area contributed by atoms with Gasteiger partial charge in [0.05, 0.1) is 0 Å². The Morgan fingerprint density at radius 3 is 2.45 bits per heavy atom. The fourth-order valence-electron chi connectivity index (χ4n) is 5.10. The molecule has 1 aromatic carbocycles. The molecule has 4 fully saturated rings. The van der Waals surface area contributed by atoms with E-state index in [-0.39, 0.29) is 28.6 Å². The van der Waals surface area contributed by atoms with Crippen LogP contribution in [0.5, 0.6) is 0 Å². The summed E-state index contributed by atoms with van der Waals surface area (Å²) in [6, 6.07) is 10.2. The van der Waals surface area contributed by atoms with E-state index in [1.165, 1.54) is 0 Å². The van der Waals surface area contributed by atoms with Gasteiger partial charge in [0.1, 0.15) is 0 Å². The molecule has 4 aliphatic rings. The molecule has 4 nitrogen and oxygen atoms in total. The van der Waals surface area contributed by atoms with Gasteiger partial charge in [0.25, 0.3) is 0 Å². The van der Waals surface area contributed by atoms with Gasteiger partial charge in [0, 0.05) is 0 Å². The minimum atomic E-state index is -2.79. The summed E-state index contributed by atoms with van der Waals surface area (Å²) in [7, 11) is -2.02. The van der Waals surface area contributed by atoms with E-state index in [1.54, 1.807) is 0 Å². The molecule has 0 aromatic heterocycles. The quantitative estimate of drug-likeness (QED) is 0.545. The summed E-state index contributed by atoms with van der Waals surface area (Å²) in [5.74, 6) is 0.692. The summed E-state index contributed by atoms with van der Waals surface area (Å²) in [5, 5.41) is 0.104. The average Bonchev–Trinajstić information content (AvgIpc) is 2.96. The third-order valence-electron chi connectivity index (χ3n) is 8.00. The first-order valence-corrected chi connectivity index (χ1v) is 15.6. The molecule has 0 spiro atoms. The van der Waals surface area contributed by atoms with Gasteiger partial charge in [-0.15, -0.1) is 0 Å². The van der Waals surface area contributed by atoms with Crippen LogP contribution in [-0.4, -0.2) is 40.6 Å². The third kappa shape index (κ3) is 3.37. The van der Waals surface area contributed by atoms with Crippen molar-refractivity contribution in [2.24, 2.45) is 17.3 Å². The summed E-state index contributed by atoms with van der Waals surface area (Å²) < 4.78 is 31.7. The zero-order valence-electron chi connectivity index (χ0n) is 18.6. The molecular formula is C23H34O4SeSi. The van der Waals surface area contributed by atoms with Crippen LogP contribution in [0, 0.1) is 17.3 Å². The van der Waals surface area contributed by atoms with Crippen molar-refractivity contribution in [1.82, 2.24) is 0 Å². The van der Waals surface area contributed by atoms with Crippen LogP contribution >= 0.6 is 0 Å². The molecule has 1 heterocycles. The van der Waals surface area contributed by atoms with E-state index in [2.05, 4.69) is 72.0 Å². The molecule has 0 amide bonds. The predicted molar refractivity (Wildman–Crippen MR) is 118 cm³/mol. The molecule has 0 N–H and O–H groups in total. The molecule has 160 valence electrons. The van der Waals surface area contributed by atoms with Crippen LogP contribution in [-0.2, 0) is 15.9 Å². The molecular weight excluding hydrogens is 447 g/mol. The molecule has 1 aliphatic heterocycles. The van der Waals surface area contributed by atoms with Crippen LogP contribution in [0.25, 0.3) is 6.08 Å². The molecule has 1 aromatic rings. The second kappa shape index (κ2) is 6.94. The standard InChI is InChI=1S/C23H34O4SeSi/c1-21(2,3)29(6,7)26-19-17-15-18(22(17,4)5)23(20(19)25-28(24)27-23)14-13-16-11-9-8-10-12-16/h8-14,17-20H,15H2,1-7H3/b14-13-/t17-,18-,19-,20+,23-,28?/m1/s1. The van der Waals surface area contributed by atoms with E-state index >= 15 is 0 Å². The molecule has 0 radical (unpaired) electrons. The average molecular weight is 482 g/mol. The normalized spacial score (nSPS) is 38.7. The summed E-state index contributed by atoms with van der Waals surface area (Å²) in [6.07, 6.45) is 4.87. The van der Waals surface area contributed by atoms with Crippen LogP contribution in [0.15, 0.2) is 36.4 Å². The Morgan fingerprint density at radius 2 is 1.86 bits per heavy atom. The van der Waals surface area contributed by atoms with E-state index in [4.69, 9.17) is 12.1 Å². The van der Waals surface area contributed by atoms with Gasteiger partial charge in [0.15, 0.2) is 0 Å². The molecule has 5 rings (SSSR count). The zero-order valence-corrected chi connectivity index (χ0v) is 21.3. The Morgan fingerprint density at radius 1 is 1.21 bits per heavy atom. The van der Waals surface area contributed by atoms with E-state index in [1.807, 2.05) is 18.2 Å². The maximum absolute atomic E-state index is 12.6. The Hall–Kier alpha value is -0.624. The van der Waals surface area contributed by atoms with Gasteiger partial charge in [0.2, 0.25) is 0 Å². The monoisotopic (exact) mass is 482 g/mol. The van der Waals surface area contributed by atoms with Crippen LogP contribution in [0.1, 0.15) is 46.6 Å². The first-order chi connectivity index (χ1) is 13.4. The van der Waals surface area contributed by atoms with E-state index < -0.39 is 28.4 Å². The van der Waals surface area contributed by atoms with Gasteiger partial charge in [-0.25, -0.2) is 0 Å². The Balaban J connectivity index is 1.74. The maximum atomic E-state index is 12.6. The van der Waals surface area contributed by atoms with Crippen LogP contribution < -0.4 is 0 Å². The van der Waals surface area contributed by atoms with Gasteiger partial charge in [-0.3, -0.25) is 0 Å². The van der Waals surface area contributed by atoms with Crippen molar-refractivity contribution in [3.63, 3.8) is 0 Å². The molecule has 6 atom stereocenters. The number of rotatable bonds is 4. The topological polar surface area (TPSA) is 44.8 Å². The van der Waals surface area contributed by atoms with Crippen molar-refractivity contribution in [2.45, 2.75) is 77.0 Å². The van der Waals surface area contributed by atoms with Crippen molar-refractivity contribution in [2.75, 3.05) is 0 Å². The van der Waals surface area contributed by atoms with Crippen molar-refractivity contribution < 1.29 is 15.9 Å². The summed E-state index contributed by atoms with van der Waals surface area (Å²) in [6.45, 7) is 16.0. The Labute approximate surface area is 180 Å². The summed E-state index contributed by atoms with van der Waals surface area (Å²) in [5.41, 5.74) is 0.497. The first-order valence-electron chi connectivity index (χ1n) is 10.6. The number of hydrogen-bond acceptors (Lipinski definition) is 4. The summed E-state index contributed by atoms with van der Waals surface area (Å²) >= 11 is -2.79. The van der Waals surface area contributed by atoms with Gasteiger partial charge in [-0.1, -0.05) is 0 Å². The number of benzene rings is 1. The molecule has 2 bridgehead atoms. The second-order valence-electron chi connectivity index (χ2n) is 11.0. The van der Waals surface area contributed by atoms with Crippen molar-refractivity contribution in [3.8, 4) is 0 Å². The van der Waals surface area contributed by atoms with Crippen molar-refractivity contribution in [3.05, 3.63) is 42.0 Å². The minimum absolute atomic E-state index is 0.0597. The fourth-order valence-corrected chi connectivity index (χ4v) is 8.45.